The van der Waals surface area contributed by atoms with Crippen LogP contribution in [-0.4, -0.2) is 41.2 Å². The third kappa shape index (κ3) is 3.10. The van der Waals surface area contributed by atoms with Gasteiger partial charge in [-0.15, -0.1) is 0 Å². The molecule has 2 fully saturated rings. The summed E-state index contributed by atoms with van der Waals surface area (Å²) in [6.45, 7) is 0.244. The molecule has 1 aliphatic carbocycles. The molecule has 0 radical (unpaired) electrons. The number of thioether (sulfide) groups is 1. The molecule has 1 atom stereocenters. The summed E-state index contributed by atoms with van der Waals surface area (Å²) in [5.74, 6) is 1.33. The van der Waals surface area contributed by atoms with Gasteiger partial charge in [0.15, 0.2) is 0 Å². The second kappa shape index (κ2) is 5.82. The van der Waals surface area contributed by atoms with E-state index in [1.165, 1.54) is 5.75 Å². The van der Waals surface area contributed by atoms with Gasteiger partial charge in [-0.2, -0.15) is 11.8 Å². The molecule has 5 nitrogen and oxygen atoms in total. The van der Waals surface area contributed by atoms with Crippen molar-refractivity contribution in [1.29, 1.82) is 0 Å². The summed E-state index contributed by atoms with van der Waals surface area (Å²) in [7, 11) is 0. The number of carbonyl (C=O) groups is 2. The monoisotopic (exact) mass is 272 g/mol. The lowest BCUT2D eigenvalue weighted by atomic mass is 9.69. The zero-order chi connectivity index (χ0) is 13.0. The summed E-state index contributed by atoms with van der Waals surface area (Å²) in [4.78, 5) is 22.8. The zero-order valence-corrected chi connectivity index (χ0v) is 11.2. The molecule has 3 N–H and O–H groups in total. The first-order valence-electron chi connectivity index (χ1n) is 6.48. The normalized spacial score (nSPS) is 25.9. The Morgan fingerprint density at radius 3 is 2.61 bits per heavy atom. The molecule has 0 aromatic heterocycles. The van der Waals surface area contributed by atoms with Gasteiger partial charge in [0.1, 0.15) is 0 Å². The van der Waals surface area contributed by atoms with Crippen LogP contribution in [0, 0.1) is 5.41 Å². The van der Waals surface area contributed by atoms with Gasteiger partial charge in [0.05, 0.1) is 5.41 Å². The average Bonchev–Trinajstić information content (AvgIpc) is 2.28. The predicted molar refractivity (Wildman–Crippen MR) is 70.8 cm³/mol. The number of amides is 2. The van der Waals surface area contributed by atoms with Crippen LogP contribution < -0.4 is 10.6 Å². The number of carboxylic acid groups (broad SMARTS) is 1. The second-order valence-corrected chi connectivity index (χ2v) is 6.33. The highest BCUT2D eigenvalue weighted by Crippen LogP contribution is 2.40. The number of carboxylic acids is 1. The van der Waals surface area contributed by atoms with Gasteiger partial charge < -0.3 is 15.7 Å². The van der Waals surface area contributed by atoms with Crippen molar-refractivity contribution in [2.75, 3.05) is 18.1 Å². The van der Waals surface area contributed by atoms with Crippen LogP contribution >= 0.6 is 11.8 Å². The number of rotatable bonds is 4. The fourth-order valence-electron chi connectivity index (χ4n) is 2.41. The van der Waals surface area contributed by atoms with E-state index >= 15 is 0 Å². The summed E-state index contributed by atoms with van der Waals surface area (Å²) in [6.07, 6.45) is 4.43. The molecule has 6 heteroatoms. The van der Waals surface area contributed by atoms with Crippen LogP contribution in [0.1, 0.15) is 32.1 Å². The number of hydrogen-bond donors (Lipinski definition) is 3. The van der Waals surface area contributed by atoms with Gasteiger partial charge in [0.25, 0.3) is 0 Å². The van der Waals surface area contributed by atoms with Crippen LogP contribution in [0.3, 0.4) is 0 Å². The van der Waals surface area contributed by atoms with Gasteiger partial charge >= 0.3 is 12.0 Å². The Kier molecular flexibility index (Phi) is 4.37. The molecule has 1 aliphatic heterocycles. The summed E-state index contributed by atoms with van der Waals surface area (Å²) in [5.41, 5.74) is -0.710. The van der Waals surface area contributed by atoms with E-state index in [1.54, 1.807) is 0 Å². The number of urea groups is 1. The number of aliphatic carboxylic acids is 1. The number of hydrogen-bond acceptors (Lipinski definition) is 3. The first-order chi connectivity index (χ1) is 8.62. The van der Waals surface area contributed by atoms with Crippen molar-refractivity contribution in [2.45, 2.75) is 38.1 Å². The van der Waals surface area contributed by atoms with Gasteiger partial charge in [-0.25, -0.2) is 4.79 Å². The molecule has 102 valence electrons. The largest absolute Gasteiger partial charge is 0.481 e. The average molecular weight is 272 g/mol. The minimum Gasteiger partial charge on any atom is -0.481 e. The van der Waals surface area contributed by atoms with Gasteiger partial charge in [-0.05, 0) is 31.4 Å². The standard InChI is InChI=1S/C12H20N2O3S/c15-10(16)12(4-2-5-12)8-13-11(17)14-9-3-1-6-18-7-9/h9H,1-8H2,(H,15,16)(H2,13,14,17). The predicted octanol–water partition coefficient (Wildman–Crippen LogP) is 1.44. The van der Waals surface area contributed by atoms with Crippen molar-refractivity contribution >= 4 is 23.8 Å². The van der Waals surface area contributed by atoms with Gasteiger partial charge in [-0.3, -0.25) is 4.79 Å². The maximum absolute atomic E-state index is 11.7. The SMILES string of the molecule is O=C(NCC1(C(=O)O)CCC1)NC1CCCSC1. The molecule has 0 bridgehead atoms. The first-order valence-corrected chi connectivity index (χ1v) is 7.63. The Morgan fingerprint density at radius 1 is 1.33 bits per heavy atom. The zero-order valence-electron chi connectivity index (χ0n) is 10.4. The third-order valence-corrected chi connectivity index (χ3v) is 5.06. The molecule has 2 aliphatic rings. The molecular formula is C12H20N2O3S. The van der Waals surface area contributed by atoms with Crippen LogP contribution in [0.4, 0.5) is 4.79 Å². The van der Waals surface area contributed by atoms with Crippen LogP contribution in [-0.2, 0) is 4.79 Å². The minimum atomic E-state index is -0.790. The van der Waals surface area contributed by atoms with Crippen molar-refractivity contribution in [1.82, 2.24) is 10.6 Å². The second-order valence-electron chi connectivity index (χ2n) is 5.18. The summed E-state index contributed by atoms with van der Waals surface area (Å²) >= 11 is 1.85. The maximum Gasteiger partial charge on any atom is 0.315 e. The Bertz CT molecular complexity index is 325. The molecule has 0 aromatic rings. The summed E-state index contributed by atoms with van der Waals surface area (Å²) in [6, 6.07) is 0.000874. The molecule has 18 heavy (non-hydrogen) atoms. The van der Waals surface area contributed by atoms with E-state index in [4.69, 9.17) is 5.11 Å². The van der Waals surface area contributed by atoms with Crippen LogP contribution in [0.5, 0.6) is 0 Å². The topological polar surface area (TPSA) is 78.4 Å². The Hall–Kier alpha value is -0.910. The highest BCUT2D eigenvalue weighted by atomic mass is 32.2. The molecule has 1 heterocycles. The molecule has 2 amide bonds. The van der Waals surface area contributed by atoms with Crippen molar-refractivity contribution in [2.24, 2.45) is 5.41 Å². The Balaban J connectivity index is 1.72. The Labute approximate surface area is 111 Å². The first kappa shape index (κ1) is 13.5. The van der Waals surface area contributed by atoms with Crippen molar-refractivity contribution in [3.05, 3.63) is 0 Å². The number of carbonyl (C=O) groups excluding carboxylic acids is 1. The van der Waals surface area contributed by atoms with Gasteiger partial charge in [0, 0.05) is 18.3 Å². The summed E-state index contributed by atoms with van der Waals surface area (Å²) < 4.78 is 0. The van der Waals surface area contributed by atoms with Gasteiger partial charge in [-0.1, -0.05) is 6.42 Å². The lowest BCUT2D eigenvalue weighted by Gasteiger charge is -2.37. The third-order valence-electron chi connectivity index (χ3n) is 3.85. The molecule has 1 saturated carbocycles. The van der Waals surface area contributed by atoms with Crippen molar-refractivity contribution in [3.8, 4) is 0 Å². The minimum absolute atomic E-state index is 0.227. The summed E-state index contributed by atoms with van der Waals surface area (Å²) in [5, 5.41) is 14.8. The van der Waals surface area contributed by atoms with E-state index in [2.05, 4.69) is 10.6 Å². The quantitative estimate of drug-likeness (QED) is 0.723. The van der Waals surface area contributed by atoms with Gasteiger partial charge in [0.2, 0.25) is 0 Å². The lowest BCUT2D eigenvalue weighted by molar-refractivity contribution is -0.153. The highest BCUT2D eigenvalue weighted by molar-refractivity contribution is 7.99. The van der Waals surface area contributed by atoms with Crippen LogP contribution in [0.2, 0.25) is 0 Å². The molecule has 0 aromatic carbocycles. The van der Waals surface area contributed by atoms with Crippen molar-refractivity contribution < 1.29 is 14.7 Å². The molecule has 0 spiro atoms. The smallest absolute Gasteiger partial charge is 0.315 e. The fourth-order valence-corrected chi connectivity index (χ4v) is 3.48. The molecule has 2 rings (SSSR count). The highest BCUT2D eigenvalue weighted by Gasteiger charge is 2.44. The van der Waals surface area contributed by atoms with Crippen molar-refractivity contribution in [3.63, 3.8) is 0 Å². The maximum atomic E-state index is 11.7. The molecule has 1 saturated heterocycles. The van der Waals surface area contributed by atoms with E-state index in [0.717, 1.165) is 25.0 Å². The van der Waals surface area contributed by atoms with E-state index in [-0.39, 0.29) is 18.6 Å². The Morgan fingerprint density at radius 2 is 2.11 bits per heavy atom. The molecule has 1 unspecified atom stereocenters. The van der Waals surface area contributed by atoms with E-state index in [9.17, 15) is 9.59 Å². The fraction of sp³-hybridized carbons (Fsp3) is 0.833. The lowest BCUT2D eigenvalue weighted by Crippen LogP contribution is -2.51. The van der Waals surface area contributed by atoms with Crippen LogP contribution in [0.15, 0.2) is 0 Å². The number of nitrogens with one attached hydrogen (secondary N) is 2. The molecular weight excluding hydrogens is 252 g/mol. The van der Waals surface area contributed by atoms with Crippen LogP contribution in [0.25, 0.3) is 0 Å². The van der Waals surface area contributed by atoms with E-state index in [0.29, 0.717) is 12.8 Å². The van der Waals surface area contributed by atoms with E-state index in [1.807, 2.05) is 11.8 Å². The van der Waals surface area contributed by atoms with E-state index < -0.39 is 11.4 Å².